The number of ether oxygens (including phenoxy) is 2. The third-order valence-electron chi connectivity index (χ3n) is 6.73. The molecule has 1 saturated heterocycles. The van der Waals surface area contributed by atoms with Crippen LogP contribution in [0.25, 0.3) is 0 Å². The number of cyclic esters (lactones) is 1. The molecule has 1 saturated carbocycles. The quantitative estimate of drug-likeness (QED) is 0.430. The Bertz CT molecular complexity index is 1310. The minimum Gasteiger partial charge on any atom is -0.497 e. The molecular formula is C29H28FN3O5. The first kappa shape index (κ1) is 25.3. The second-order valence-corrected chi connectivity index (χ2v) is 9.50. The molecule has 9 heteroatoms. The van der Waals surface area contributed by atoms with E-state index in [1.807, 2.05) is 0 Å². The summed E-state index contributed by atoms with van der Waals surface area (Å²) in [4.78, 5) is 40.1. The number of halogens is 1. The van der Waals surface area contributed by atoms with Crippen LogP contribution in [0.2, 0.25) is 0 Å². The van der Waals surface area contributed by atoms with Gasteiger partial charge in [0.25, 0.3) is 5.91 Å². The van der Waals surface area contributed by atoms with E-state index >= 15 is 0 Å². The van der Waals surface area contributed by atoms with E-state index in [1.165, 1.54) is 17.0 Å². The summed E-state index contributed by atoms with van der Waals surface area (Å²) in [5.74, 6) is 0.159. The Kier molecular flexibility index (Phi) is 7.26. The lowest BCUT2D eigenvalue weighted by atomic mass is 10.00. The summed E-state index contributed by atoms with van der Waals surface area (Å²) < 4.78 is 24.2. The Balaban J connectivity index is 1.32. The van der Waals surface area contributed by atoms with E-state index in [-0.39, 0.29) is 24.2 Å². The number of benzene rings is 3. The molecule has 5 rings (SSSR count). The average Bonchev–Trinajstić information content (AvgIpc) is 3.71. The third kappa shape index (κ3) is 5.77. The van der Waals surface area contributed by atoms with Gasteiger partial charge < -0.3 is 20.1 Å². The Morgan fingerprint density at radius 3 is 2.32 bits per heavy atom. The predicted octanol–water partition coefficient (Wildman–Crippen LogP) is 4.67. The highest BCUT2D eigenvalue weighted by atomic mass is 19.1. The molecule has 2 fully saturated rings. The minimum absolute atomic E-state index is 0.104. The van der Waals surface area contributed by atoms with Crippen molar-refractivity contribution in [2.24, 2.45) is 5.92 Å². The van der Waals surface area contributed by atoms with Crippen LogP contribution in [0.3, 0.4) is 0 Å². The van der Waals surface area contributed by atoms with Crippen molar-refractivity contribution in [3.8, 4) is 5.75 Å². The SMILES string of the molecule is COc1ccc(C(=O)Nc2ccc([C@H]3OC(=O)N(Cc4ccc(F)cc4)[C@H]3C(=O)NCC3CC3)cc2)cc1. The molecule has 3 amide bonds. The van der Waals surface area contributed by atoms with Crippen LogP contribution in [0.4, 0.5) is 14.9 Å². The number of carbonyl (C=O) groups excluding carboxylic acids is 3. The molecule has 0 spiro atoms. The highest BCUT2D eigenvalue weighted by Crippen LogP contribution is 2.35. The number of methoxy groups -OCH3 is 1. The van der Waals surface area contributed by atoms with E-state index in [2.05, 4.69) is 10.6 Å². The van der Waals surface area contributed by atoms with Crippen LogP contribution >= 0.6 is 0 Å². The van der Waals surface area contributed by atoms with Crippen molar-refractivity contribution in [2.45, 2.75) is 31.5 Å². The number of carbonyl (C=O) groups is 3. The molecule has 2 aliphatic rings. The average molecular weight is 518 g/mol. The van der Waals surface area contributed by atoms with Gasteiger partial charge in [0.15, 0.2) is 12.1 Å². The van der Waals surface area contributed by atoms with Crippen LogP contribution in [-0.4, -0.2) is 42.5 Å². The number of amides is 3. The van der Waals surface area contributed by atoms with Crippen LogP contribution in [0.1, 0.15) is 40.4 Å². The summed E-state index contributed by atoms with van der Waals surface area (Å²) in [6.45, 7) is 0.657. The maximum atomic E-state index is 13.4. The fraction of sp³-hybridized carbons (Fsp3) is 0.276. The topological polar surface area (TPSA) is 97.0 Å². The van der Waals surface area contributed by atoms with Crippen LogP contribution in [0.15, 0.2) is 72.8 Å². The van der Waals surface area contributed by atoms with E-state index in [1.54, 1.807) is 67.8 Å². The van der Waals surface area contributed by atoms with Crippen LogP contribution < -0.4 is 15.4 Å². The molecule has 2 atom stereocenters. The van der Waals surface area contributed by atoms with Gasteiger partial charge in [-0.15, -0.1) is 0 Å². The van der Waals surface area contributed by atoms with Crippen molar-refractivity contribution in [3.63, 3.8) is 0 Å². The molecular weight excluding hydrogens is 489 g/mol. The number of rotatable bonds is 9. The molecule has 196 valence electrons. The Morgan fingerprint density at radius 2 is 1.68 bits per heavy atom. The molecule has 0 bridgehead atoms. The summed E-state index contributed by atoms with van der Waals surface area (Å²) >= 11 is 0. The van der Waals surface area contributed by atoms with Gasteiger partial charge in [0.1, 0.15) is 11.6 Å². The van der Waals surface area contributed by atoms with Crippen molar-refractivity contribution in [1.82, 2.24) is 10.2 Å². The van der Waals surface area contributed by atoms with Crippen molar-refractivity contribution in [2.75, 3.05) is 19.0 Å². The maximum Gasteiger partial charge on any atom is 0.411 e. The lowest BCUT2D eigenvalue weighted by Gasteiger charge is -2.24. The lowest BCUT2D eigenvalue weighted by Crippen LogP contribution is -2.46. The second kappa shape index (κ2) is 10.9. The van der Waals surface area contributed by atoms with E-state index in [0.29, 0.717) is 40.6 Å². The Hall–Kier alpha value is -4.40. The standard InChI is InChI=1S/C29H28FN3O5/c1-37-24-14-8-21(9-15-24)27(34)32-23-12-6-20(7-13-23)26-25(28(35)31-16-18-2-3-18)33(29(36)38-26)17-19-4-10-22(30)11-5-19/h4-15,18,25-26H,2-3,16-17H2,1H3,(H,31,35)(H,32,34)/t25-,26-/m1/s1. The van der Waals surface area contributed by atoms with Crippen molar-refractivity contribution < 1.29 is 28.2 Å². The maximum absolute atomic E-state index is 13.4. The normalized spacial score (nSPS) is 18.6. The van der Waals surface area contributed by atoms with Gasteiger partial charge >= 0.3 is 6.09 Å². The molecule has 2 N–H and O–H groups in total. The molecule has 1 aliphatic heterocycles. The molecule has 0 unspecified atom stereocenters. The largest absolute Gasteiger partial charge is 0.497 e. The van der Waals surface area contributed by atoms with Gasteiger partial charge in [0, 0.05) is 17.8 Å². The van der Waals surface area contributed by atoms with Gasteiger partial charge in [0.2, 0.25) is 5.91 Å². The highest BCUT2D eigenvalue weighted by Gasteiger charge is 2.47. The first-order valence-corrected chi connectivity index (χ1v) is 12.5. The molecule has 1 heterocycles. The van der Waals surface area contributed by atoms with Gasteiger partial charge in [0.05, 0.1) is 13.7 Å². The smallest absolute Gasteiger partial charge is 0.411 e. The molecule has 3 aromatic rings. The second-order valence-electron chi connectivity index (χ2n) is 9.50. The zero-order valence-corrected chi connectivity index (χ0v) is 20.9. The first-order chi connectivity index (χ1) is 18.4. The highest BCUT2D eigenvalue weighted by molar-refractivity contribution is 6.04. The summed E-state index contributed by atoms with van der Waals surface area (Å²) in [7, 11) is 1.56. The van der Waals surface area contributed by atoms with E-state index in [0.717, 1.165) is 12.8 Å². The van der Waals surface area contributed by atoms with Gasteiger partial charge in [-0.25, -0.2) is 9.18 Å². The van der Waals surface area contributed by atoms with Gasteiger partial charge in [-0.3, -0.25) is 14.5 Å². The van der Waals surface area contributed by atoms with Crippen LogP contribution in [0.5, 0.6) is 5.75 Å². The fourth-order valence-electron chi connectivity index (χ4n) is 4.37. The summed E-state index contributed by atoms with van der Waals surface area (Å²) in [6, 6.07) is 18.5. The van der Waals surface area contributed by atoms with E-state index in [9.17, 15) is 18.8 Å². The van der Waals surface area contributed by atoms with Gasteiger partial charge in [-0.1, -0.05) is 24.3 Å². The third-order valence-corrected chi connectivity index (χ3v) is 6.73. The van der Waals surface area contributed by atoms with Crippen LogP contribution in [0, 0.1) is 11.7 Å². The van der Waals surface area contributed by atoms with Crippen molar-refractivity contribution in [3.05, 3.63) is 95.3 Å². The number of hydrogen-bond acceptors (Lipinski definition) is 5. The summed E-state index contributed by atoms with van der Waals surface area (Å²) in [5.41, 5.74) is 2.33. The molecule has 0 radical (unpaired) electrons. The monoisotopic (exact) mass is 517 g/mol. The van der Waals surface area contributed by atoms with Crippen molar-refractivity contribution >= 4 is 23.6 Å². The molecule has 1 aliphatic carbocycles. The first-order valence-electron chi connectivity index (χ1n) is 12.5. The van der Waals surface area contributed by atoms with E-state index < -0.39 is 18.2 Å². The molecule has 38 heavy (non-hydrogen) atoms. The predicted molar refractivity (Wildman–Crippen MR) is 138 cm³/mol. The summed E-state index contributed by atoms with van der Waals surface area (Å²) in [6.07, 6.45) is 0.691. The summed E-state index contributed by atoms with van der Waals surface area (Å²) in [5, 5.41) is 5.79. The van der Waals surface area contributed by atoms with Crippen molar-refractivity contribution in [1.29, 1.82) is 0 Å². The van der Waals surface area contributed by atoms with E-state index in [4.69, 9.17) is 9.47 Å². The minimum atomic E-state index is -0.897. The molecule has 3 aromatic carbocycles. The zero-order valence-electron chi connectivity index (χ0n) is 20.9. The fourth-order valence-corrected chi connectivity index (χ4v) is 4.37. The molecule has 8 nitrogen and oxygen atoms in total. The van der Waals surface area contributed by atoms with Gasteiger partial charge in [-0.2, -0.15) is 0 Å². The Morgan fingerprint density at radius 1 is 1.00 bits per heavy atom. The molecule has 0 aromatic heterocycles. The number of nitrogens with zero attached hydrogens (tertiary/aromatic N) is 1. The zero-order chi connectivity index (χ0) is 26.6. The number of hydrogen-bond donors (Lipinski definition) is 2. The number of anilines is 1. The number of nitrogens with one attached hydrogen (secondary N) is 2. The Labute approximate surface area is 219 Å². The van der Waals surface area contributed by atoms with Gasteiger partial charge in [-0.05, 0) is 78.4 Å². The lowest BCUT2D eigenvalue weighted by molar-refractivity contribution is -0.126. The van der Waals surface area contributed by atoms with Crippen LogP contribution in [-0.2, 0) is 16.1 Å².